The van der Waals surface area contributed by atoms with Gasteiger partial charge in [-0.1, -0.05) is 24.3 Å². The highest BCUT2D eigenvalue weighted by Crippen LogP contribution is 2.30. The van der Waals surface area contributed by atoms with Crippen molar-refractivity contribution in [3.63, 3.8) is 0 Å². The van der Waals surface area contributed by atoms with Crippen molar-refractivity contribution in [3.8, 4) is 0 Å². The predicted octanol–water partition coefficient (Wildman–Crippen LogP) is 2.97. The summed E-state index contributed by atoms with van der Waals surface area (Å²) in [4.78, 5) is 14.6. The summed E-state index contributed by atoms with van der Waals surface area (Å²) in [5.41, 5.74) is 0. The van der Waals surface area contributed by atoms with Gasteiger partial charge in [-0.05, 0) is 28.8 Å². The van der Waals surface area contributed by atoms with Crippen LogP contribution in [0.2, 0.25) is 0 Å². The van der Waals surface area contributed by atoms with Gasteiger partial charge in [0, 0.05) is 37.0 Å². The molecule has 1 saturated heterocycles. The van der Waals surface area contributed by atoms with Crippen LogP contribution in [-0.2, 0) is 0 Å². The second-order valence-electron chi connectivity index (χ2n) is 5.47. The maximum Gasteiger partial charge on any atom is 0.407 e. The van der Waals surface area contributed by atoms with Gasteiger partial charge in [0.25, 0.3) is 0 Å². The molecule has 0 spiro atoms. The highest BCUT2D eigenvalue weighted by Gasteiger charge is 2.26. The molecule has 1 fully saturated rings. The molecule has 1 aromatic carbocycles. The Labute approximate surface area is 136 Å². The monoisotopic (exact) mass is 364 g/mol. The van der Waals surface area contributed by atoms with E-state index in [0.29, 0.717) is 0 Å². The number of halogens is 1. The molecule has 2 aromatic rings. The lowest BCUT2D eigenvalue weighted by molar-refractivity contribution is 0.131. The van der Waals surface area contributed by atoms with Crippen molar-refractivity contribution >= 4 is 38.6 Å². The summed E-state index contributed by atoms with van der Waals surface area (Å²) < 4.78 is 0.743. The average Bonchev–Trinajstić information content (AvgIpc) is 2.55. The second kappa shape index (κ2) is 6.08. The Hall–Kier alpha value is -1.89. The third-order valence-electron chi connectivity index (χ3n) is 4.24. The van der Waals surface area contributed by atoms with E-state index in [0.717, 1.165) is 47.1 Å². The Morgan fingerprint density at radius 3 is 2.55 bits per heavy atom. The minimum atomic E-state index is -0.868. The summed E-state index contributed by atoms with van der Waals surface area (Å²) in [5, 5.41) is 19.7. The molecular weight excluding hydrogens is 348 g/mol. The maximum absolute atomic E-state index is 11.0. The first-order valence-corrected chi connectivity index (χ1v) is 7.99. The maximum atomic E-state index is 11.0. The van der Waals surface area contributed by atoms with Crippen molar-refractivity contribution in [1.29, 1.82) is 0 Å². The molecule has 0 bridgehead atoms. The molecule has 116 valence electrons. The van der Waals surface area contributed by atoms with Gasteiger partial charge < -0.3 is 14.9 Å². The first-order valence-electron chi connectivity index (χ1n) is 7.19. The van der Waals surface area contributed by atoms with Crippen LogP contribution in [0.3, 0.4) is 0 Å². The van der Waals surface area contributed by atoms with Gasteiger partial charge in [0.05, 0.1) is 0 Å². The van der Waals surface area contributed by atoms with Crippen molar-refractivity contribution in [2.45, 2.75) is 18.9 Å². The lowest BCUT2D eigenvalue weighted by Crippen LogP contribution is -2.45. The second-order valence-corrected chi connectivity index (χ2v) is 6.22. The smallest absolute Gasteiger partial charge is 0.407 e. The summed E-state index contributed by atoms with van der Waals surface area (Å²) in [6.45, 7) is 1.56. The minimum Gasteiger partial charge on any atom is -0.465 e. The normalized spacial score (nSPS) is 16.0. The summed E-state index contributed by atoms with van der Waals surface area (Å²) in [5.74, 6) is 0.871. The number of hydrogen-bond donors (Lipinski definition) is 1. The molecule has 1 aliphatic heterocycles. The molecular formula is C15H17BrN4O2. The zero-order valence-corrected chi connectivity index (χ0v) is 13.8. The lowest BCUT2D eigenvalue weighted by Gasteiger charge is -2.36. The number of amides is 1. The van der Waals surface area contributed by atoms with E-state index >= 15 is 0 Å². The Morgan fingerprint density at radius 1 is 1.27 bits per heavy atom. The number of rotatable bonds is 2. The molecule has 7 heteroatoms. The molecule has 3 rings (SSSR count). The predicted molar refractivity (Wildman–Crippen MR) is 88.3 cm³/mol. The fraction of sp³-hybridized carbons (Fsp3) is 0.400. The third kappa shape index (κ3) is 2.72. The van der Waals surface area contributed by atoms with E-state index in [-0.39, 0.29) is 6.04 Å². The molecule has 1 amide bonds. The van der Waals surface area contributed by atoms with Crippen LogP contribution < -0.4 is 4.90 Å². The highest BCUT2D eigenvalue weighted by atomic mass is 79.9. The molecule has 0 saturated carbocycles. The van der Waals surface area contributed by atoms with Gasteiger partial charge >= 0.3 is 6.09 Å². The van der Waals surface area contributed by atoms with Crippen LogP contribution in [-0.4, -0.2) is 52.5 Å². The van der Waals surface area contributed by atoms with E-state index in [1.165, 1.54) is 4.90 Å². The van der Waals surface area contributed by atoms with E-state index in [9.17, 15) is 4.79 Å². The Balaban J connectivity index is 1.83. The fourth-order valence-electron chi connectivity index (χ4n) is 2.91. The fourth-order valence-corrected chi connectivity index (χ4v) is 3.34. The van der Waals surface area contributed by atoms with Crippen molar-refractivity contribution in [1.82, 2.24) is 15.1 Å². The van der Waals surface area contributed by atoms with Crippen LogP contribution in [0.1, 0.15) is 12.8 Å². The number of hydrogen-bond acceptors (Lipinski definition) is 4. The number of nitrogens with zero attached hydrogens (tertiary/aromatic N) is 4. The van der Waals surface area contributed by atoms with E-state index in [1.54, 1.807) is 7.05 Å². The van der Waals surface area contributed by atoms with Crippen molar-refractivity contribution in [2.75, 3.05) is 25.0 Å². The first kappa shape index (κ1) is 15.0. The van der Waals surface area contributed by atoms with Crippen molar-refractivity contribution < 1.29 is 9.90 Å². The van der Waals surface area contributed by atoms with E-state index in [4.69, 9.17) is 5.11 Å². The van der Waals surface area contributed by atoms with Gasteiger partial charge in [-0.15, -0.1) is 10.2 Å². The lowest BCUT2D eigenvalue weighted by atomic mass is 10.0. The summed E-state index contributed by atoms with van der Waals surface area (Å²) in [7, 11) is 1.64. The number of aromatic nitrogens is 2. The van der Waals surface area contributed by atoms with E-state index in [1.807, 2.05) is 24.3 Å². The summed E-state index contributed by atoms with van der Waals surface area (Å²) in [6, 6.07) is 8.10. The number of piperidine rings is 1. The first-order chi connectivity index (χ1) is 10.6. The zero-order valence-electron chi connectivity index (χ0n) is 12.2. The zero-order chi connectivity index (χ0) is 15.7. The Kier molecular flexibility index (Phi) is 4.15. The number of fused-ring (bicyclic) bond motifs is 1. The molecule has 1 N–H and O–H groups in total. The molecule has 1 aromatic heterocycles. The van der Waals surface area contributed by atoms with Crippen molar-refractivity contribution in [2.24, 2.45) is 0 Å². The molecule has 2 heterocycles. The number of benzene rings is 1. The molecule has 0 aliphatic carbocycles. The molecule has 0 atom stereocenters. The standard InChI is InChI=1S/C15H17BrN4O2/c1-19(15(21)22)10-6-8-20(9-7-10)14-12-5-3-2-4-11(12)13(16)17-18-14/h2-5,10H,6-9H2,1H3,(H,21,22). The highest BCUT2D eigenvalue weighted by molar-refractivity contribution is 9.10. The Bertz CT molecular complexity index is 701. The minimum absolute atomic E-state index is 0.0726. The molecule has 22 heavy (non-hydrogen) atoms. The molecule has 0 unspecified atom stereocenters. The number of anilines is 1. The molecule has 6 nitrogen and oxygen atoms in total. The topological polar surface area (TPSA) is 69.6 Å². The van der Waals surface area contributed by atoms with Crippen LogP contribution in [0.5, 0.6) is 0 Å². The van der Waals surface area contributed by atoms with Crippen LogP contribution >= 0.6 is 15.9 Å². The Morgan fingerprint density at radius 2 is 1.91 bits per heavy atom. The van der Waals surface area contributed by atoms with Gasteiger partial charge in [-0.25, -0.2) is 4.79 Å². The van der Waals surface area contributed by atoms with Crippen LogP contribution in [0.4, 0.5) is 10.6 Å². The van der Waals surface area contributed by atoms with Gasteiger partial charge in [-0.2, -0.15) is 0 Å². The quantitative estimate of drug-likeness (QED) is 0.886. The molecule has 0 radical (unpaired) electrons. The van der Waals surface area contributed by atoms with E-state index in [2.05, 4.69) is 31.0 Å². The van der Waals surface area contributed by atoms with Gasteiger partial charge in [0.2, 0.25) is 0 Å². The van der Waals surface area contributed by atoms with Crippen LogP contribution in [0, 0.1) is 0 Å². The molecule has 1 aliphatic rings. The van der Waals surface area contributed by atoms with Gasteiger partial charge in [0.15, 0.2) is 5.82 Å². The average molecular weight is 365 g/mol. The van der Waals surface area contributed by atoms with E-state index < -0.39 is 6.09 Å². The number of carboxylic acid groups (broad SMARTS) is 1. The van der Waals surface area contributed by atoms with Crippen molar-refractivity contribution in [3.05, 3.63) is 28.9 Å². The van der Waals surface area contributed by atoms with Crippen LogP contribution in [0.25, 0.3) is 10.8 Å². The SMILES string of the molecule is CN(C(=O)O)C1CCN(c2nnc(Br)c3ccccc23)CC1. The van der Waals surface area contributed by atoms with Gasteiger partial charge in [-0.3, -0.25) is 0 Å². The largest absolute Gasteiger partial charge is 0.465 e. The van der Waals surface area contributed by atoms with Gasteiger partial charge in [0.1, 0.15) is 4.60 Å². The third-order valence-corrected chi connectivity index (χ3v) is 4.82. The number of carbonyl (C=O) groups is 1. The van der Waals surface area contributed by atoms with Crippen LogP contribution in [0.15, 0.2) is 28.9 Å². The summed E-state index contributed by atoms with van der Waals surface area (Å²) >= 11 is 3.44. The summed E-state index contributed by atoms with van der Waals surface area (Å²) in [6.07, 6.45) is 0.733.